The second-order valence-electron chi connectivity index (χ2n) is 5.41. The molecule has 3 rings (SSSR count). The fourth-order valence-corrected chi connectivity index (χ4v) is 2.90. The molecular weight excluding hydrogens is 339 g/mol. The highest BCUT2D eigenvalue weighted by atomic mass is 35.5. The maximum absolute atomic E-state index is 6.17. The third kappa shape index (κ3) is 3.40. The Balaban J connectivity index is 0.00000176. The fourth-order valence-electron chi connectivity index (χ4n) is 2.59. The summed E-state index contributed by atoms with van der Waals surface area (Å²) in [5.74, 6) is 1.07. The average molecular weight is 356 g/mol. The summed E-state index contributed by atoms with van der Waals surface area (Å²) in [5.41, 5.74) is 3.58. The molecule has 0 spiro atoms. The first-order valence-corrected chi connectivity index (χ1v) is 7.58. The summed E-state index contributed by atoms with van der Waals surface area (Å²) in [6, 6.07) is 13.9. The highest BCUT2D eigenvalue weighted by Gasteiger charge is 2.24. The molecule has 1 unspecified atom stereocenters. The van der Waals surface area contributed by atoms with Crippen LogP contribution in [0.2, 0.25) is 10.0 Å². The first-order valence-electron chi connectivity index (χ1n) is 6.82. The van der Waals surface area contributed by atoms with Crippen LogP contribution in [0.5, 0.6) is 0 Å². The maximum Gasteiger partial charge on any atom is 0.104 e. The van der Waals surface area contributed by atoms with Crippen molar-refractivity contribution in [1.29, 1.82) is 0 Å². The molecule has 5 heteroatoms. The summed E-state index contributed by atoms with van der Waals surface area (Å²) < 4.78 is 0. The van der Waals surface area contributed by atoms with Gasteiger partial charge in [0.05, 0.1) is 0 Å². The summed E-state index contributed by atoms with van der Waals surface area (Å²) >= 11 is 12.2. The van der Waals surface area contributed by atoms with Gasteiger partial charge in [0.25, 0.3) is 0 Å². The molecule has 0 radical (unpaired) electrons. The van der Waals surface area contributed by atoms with E-state index in [0.29, 0.717) is 0 Å². The molecule has 0 aliphatic carbocycles. The number of halogens is 3. The van der Waals surface area contributed by atoms with Gasteiger partial charge in [-0.05, 0) is 41.0 Å². The van der Waals surface area contributed by atoms with Crippen LogP contribution in [-0.2, 0) is 6.42 Å². The lowest BCUT2D eigenvalue weighted by atomic mass is 9.90. The van der Waals surface area contributed by atoms with E-state index >= 15 is 0 Å². The Kier molecular flexibility index (Phi) is 5.38. The van der Waals surface area contributed by atoms with Crippen LogP contribution in [0.4, 0.5) is 0 Å². The molecule has 0 saturated carbocycles. The Morgan fingerprint density at radius 1 is 1.00 bits per heavy atom. The zero-order valence-corrected chi connectivity index (χ0v) is 14.7. The molecule has 22 heavy (non-hydrogen) atoms. The van der Waals surface area contributed by atoms with Crippen LogP contribution in [0.15, 0.2) is 47.5 Å². The third-order valence-electron chi connectivity index (χ3n) is 3.73. The van der Waals surface area contributed by atoms with E-state index in [2.05, 4.69) is 11.0 Å². The summed E-state index contributed by atoms with van der Waals surface area (Å²) in [7, 11) is 4.05. The first-order chi connectivity index (χ1) is 10.0. The lowest BCUT2D eigenvalue weighted by molar-refractivity contribution is 0.592. The van der Waals surface area contributed by atoms with Gasteiger partial charge in [-0.2, -0.15) is 0 Å². The molecule has 1 atom stereocenters. The van der Waals surface area contributed by atoms with E-state index in [4.69, 9.17) is 28.2 Å². The van der Waals surface area contributed by atoms with E-state index in [1.165, 1.54) is 11.1 Å². The number of hydrogen-bond acceptors (Lipinski definition) is 2. The number of aliphatic imine (C=N–C) groups is 1. The van der Waals surface area contributed by atoms with Crippen molar-refractivity contribution in [2.75, 3.05) is 14.1 Å². The van der Waals surface area contributed by atoms with Gasteiger partial charge in [-0.1, -0.05) is 41.4 Å². The molecule has 2 aromatic rings. The Morgan fingerprint density at radius 2 is 1.64 bits per heavy atom. The van der Waals surface area contributed by atoms with E-state index in [-0.39, 0.29) is 18.4 Å². The predicted octanol–water partition coefficient (Wildman–Crippen LogP) is 5.02. The predicted molar refractivity (Wildman–Crippen MR) is 96.8 cm³/mol. The Morgan fingerprint density at radius 3 is 2.27 bits per heavy atom. The lowest BCUT2D eigenvalue weighted by Crippen LogP contribution is -2.28. The van der Waals surface area contributed by atoms with Gasteiger partial charge >= 0.3 is 0 Å². The molecule has 116 valence electrons. The van der Waals surface area contributed by atoms with Gasteiger partial charge in [-0.15, -0.1) is 12.4 Å². The number of likely N-dealkylation sites (N-methyl/N-ethyl adjacent to an activating group) is 1. The molecule has 0 bridgehead atoms. The molecule has 0 aromatic heterocycles. The van der Waals surface area contributed by atoms with Gasteiger partial charge in [0.1, 0.15) is 11.9 Å². The second-order valence-corrected chi connectivity index (χ2v) is 6.29. The third-order valence-corrected chi connectivity index (χ3v) is 4.22. The molecule has 0 fully saturated rings. The molecule has 0 N–H and O–H groups in total. The highest BCUT2D eigenvalue weighted by Crippen LogP contribution is 2.35. The van der Waals surface area contributed by atoms with Gasteiger partial charge in [0, 0.05) is 30.6 Å². The SMILES string of the molecule is CN(C)C1=NC(c2ccc(Cl)cc2)c2cc(Cl)ccc2C1.Cl. The molecule has 0 saturated heterocycles. The quantitative estimate of drug-likeness (QED) is 0.701. The largest absolute Gasteiger partial charge is 0.366 e. The van der Waals surface area contributed by atoms with Crippen LogP contribution >= 0.6 is 35.6 Å². The Labute approximate surface area is 147 Å². The zero-order valence-electron chi connectivity index (χ0n) is 12.4. The molecule has 1 aliphatic rings. The minimum absolute atomic E-state index is 0. The molecule has 2 aromatic carbocycles. The molecule has 0 amide bonds. The maximum atomic E-state index is 6.17. The van der Waals surface area contributed by atoms with E-state index < -0.39 is 0 Å². The van der Waals surface area contributed by atoms with Crippen LogP contribution in [-0.4, -0.2) is 24.8 Å². The van der Waals surface area contributed by atoms with Crippen molar-refractivity contribution in [2.45, 2.75) is 12.5 Å². The number of nitrogens with zero attached hydrogens (tertiary/aromatic N) is 2. The monoisotopic (exact) mass is 354 g/mol. The van der Waals surface area contributed by atoms with Crippen molar-refractivity contribution < 1.29 is 0 Å². The number of benzene rings is 2. The van der Waals surface area contributed by atoms with E-state index in [0.717, 1.165) is 27.9 Å². The normalized spacial score (nSPS) is 16.4. The zero-order chi connectivity index (χ0) is 15.0. The van der Waals surface area contributed by atoms with Crippen molar-refractivity contribution in [2.24, 2.45) is 4.99 Å². The van der Waals surface area contributed by atoms with E-state index in [9.17, 15) is 0 Å². The molecule has 1 aliphatic heterocycles. The van der Waals surface area contributed by atoms with Crippen molar-refractivity contribution in [3.8, 4) is 0 Å². The van der Waals surface area contributed by atoms with Gasteiger partial charge < -0.3 is 4.90 Å². The van der Waals surface area contributed by atoms with Crippen molar-refractivity contribution in [3.63, 3.8) is 0 Å². The van der Waals surface area contributed by atoms with Crippen LogP contribution in [0.25, 0.3) is 0 Å². The van der Waals surface area contributed by atoms with Crippen LogP contribution in [0.1, 0.15) is 22.7 Å². The van der Waals surface area contributed by atoms with Crippen LogP contribution in [0, 0.1) is 0 Å². The Bertz CT molecular complexity index is 694. The summed E-state index contributed by atoms with van der Waals surface area (Å²) in [5, 5.41) is 1.48. The van der Waals surface area contributed by atoms with Crippen LogP contribution in [0.3, 0.4) is 0 Å². The van der Waals surface area contributed by atoms with Crippen molar-refractivity contribution in [3.05, 3.63) is 69.2 Å². The van der Waals surface area contributed by atoms with Crippen molar-refractivity contribution >= 4 is 41.4 Å². The van der Waals surface area contributed by atoms with Crippen LogP contribution < -0.4 is 0 Å². The Hall–Kier alpha value is -1.22. The summed E-state index contributed by atoms with van der Waals surface area (Å²) in [4.78, 5) is 6.97. The van der Waals surface area contributed by atoms with E-state index in [1.54, 1.807) is 0 Å². The fraction of sp³-hybridized carbons (Fsp3) is 0.235. The number of fused-ring (bicyclic) bond motifs is 1. The topological polar surface area (TPSA) is 15.6 Å². The minimum atomic E-state index is -0.0258. The van der Waals surface area contributed by atoms with Gasteiger partial charge in [-0.25, -0.2) is 0 Å². The number of rotatable bonds is 1. The number of hydrogen-bond donors (Lipinski definition) is 0. The van der Waals surface area contributed by atoms with Gasteiger partial charge in [-0.3, -0.25) is 4.99 Å². The summed E-state index contributed by atoms with van der Waals surface area (Å²) in [6.45, 7) is 0. The van der Waals surface area contributed by atoms with Crippen molar-refractivity contribution in [1.82, 2.24) is 4.90 Å². The smallest absolute Gasteiger partial charge is 0.104 e. The van der Waals surface area contributed by atoms with Gasteiger partial charge in [0.2, 0.25) is 0 Å². The minimum Gasteiger partial charge on any atom is -0.366 e. The summed E-state index contributed by atoms with van der Waals surface area (Å²) in [6.07, 6.45) is 0.837. The molecular formula is C17H17Cl3N2. The molecule has 1 heterocycles. The number of amidine groups is 1. The van der Waals surface area contributed by atoms with Gasteiger partial charge in [0.15, 0.2) is 0 Å². The highest BCUT2D eigenvalue weighted by molar-refractivity contribution is 6.31. The lowest BCUT2D eigenvalue weighted by Gasteiger charge is -2.28. The standard InChI is InChI=1S/C17H16Cl2N2.ClH/c1-21(2)16-9-12-5-8-14(19)10-15(12)17(20-16)11-3-6-13(18)7-4-11;/h3-8,10,17H,9H2,1-2H3;1H. The average Bonchev–Trinajstić information content (AvgIpc) is 2.47. The van der Waals surface area contributed by atoms with E-state index in [1.807, 2.05) is 50.5 Å². The molecule has 2 nitrogen and oxygen atoms in total. The first kappa shape index (κ1) is 17.1. The second kappa shape index (κ2) is 6.91.